The summed E-state index contributed by atoms with van der Waals surface area (Å²) in [6.07, 6.45) is -11.1. The molecule has 13 heteroatoms. The van der Waals surface area contributed by atoms with Crippen molar-refractivity contribution in [2.45, 2.75) is 43.8 Å². The summed E-state index contributed by atoms with van der Waals surface area (Å²) >= 11 is 11.4. The van der Waals surface area contributed by atoms with Crippen molar-refractivity contribution in [3.8, 4) is 0 Å². The number of carbonyl (C=O) groups is 1. The molecule has 2 aromatic rings. The van der Waals surface area contributed by atoms with Gasteiger partial charge in [0.2, 0.25) is 5.91 Å². The van der Waals surface area contributed by atoms with Gasteiger partial charge in [-0.15, -0.1) is 0 Å². The van der Waals surface area contributed by atoms with Gasteiger partial charge in [0.25, 0.3) is 5.60 Å². The fourth-order valence-electron chi connectivity index (χ4n) is 4.35. The van der Waals surface area contributed by atoms with E-state index in [2.05, 4.69) is 5.16 Å². The number of oxime groups is 1. The number of hydrogen-bond acceptors (Lipinski definition) is 4. The van der Waals surface area contributed by atoms with E-state index in [1.165, 1.54) is 29.2 Å². The van der Waals surface area contributed by atoms with Gasteiger partial charge in [0.1, 0.15) is 5.60 Å². The minimum absolute atomic E-state index is 0.0729. The Hall–Kier alpha value is -2.50. The first-order valence-corrected chi connectivity index (χ1v) is 11.7. The second-order valence-electron chi connectivity index (χ2n) is 9.41. The Balaban J connectivity index is 1.60. The van der Waals surface area contributed by atoms with E-state index in [-0.39, 0.29) is 42.3 Å². The molecule has 37 heavy (non-hydrogen) atoms. The van der Waals surface area contributed by atoms with Crippen LogP contribution in [0.3, 0.4) is 0 Å². The van der Waals surface area contributed by atoms with Gasteiger partial charge in [-0.1, -0.05) is 66.5 Å². The van der Waals surface area contributed by atoms with Crippen LogP contribution in [-0.2, 0) is 27.0 Å². The molecule has 0 bridgehead atoms. The number of β-amino-alcohol motifs (C(OH)–C–C–N with tert-alkyl or cyclic N) is 1. The highest BCUT2D eigenvalue weighted by Gasteiger charge is 2.63. The summed E-state index contributed by atoms with van der Waals surface area (Å²) < 4.78 is 83.0. The molecule has 2 aromatic carbocycles. The number of aliphatic hydroxyl groups is 1. The molecular weight excluding hydrogens is 549 g/mol. The molecule has 2 heterocycles. The molecule has 200 valence electrons. The average molecular weight is 569 g/mol. The Kier molecular flexibility index (Phi) is 6.74. The lowest BCUT2D eigenvalue weighted by atomic mass is 9.83. The third kappa shape index (κ3) is 4.77. The number of alkyl halides is 6. The van der Waals surface area contributed by atoms with Gasteiger partial charge in [-0.25, -0.2) is 0 Å². The molecule has 1 unspecified atom stereocenters. The summed E-state index contributed by atoms with van der Waals surface area (Å²) in [7, 11) is 0. The van der Waals surface area contributed by atoms with E-state index in [9.17, 15) is 36.2 Å². The van der Waals surface area contributed by atoms with Gasteiger partial charge in [0.05, 0.1) is 34.4 Å². The van der Waals surface area contributed by atoms with Crippen LogP contribution < -0.4 is 0 Å². The largest absolute Gasteiger partial charge is 0.435 e. The minimum atomic E-state index is -5.16. The lowest BCUT2D eigenvalue weighted by Gasteiger charge is -2.47. The number of benzene rings is 2. The predicted octanol–water partition coefficient (Wildman–Crippen LogP) is 6.28. The zero-order valence-corrected chi connectivity index (χ0v) is 20.9. The SMILES string of the molecule is CC(C)C(=O)N1CC(O)(c2ccc(C3=NOC(c4cc(Cl)c(Cl)c(C(F)(F)F)c4)(C(F)(F)F)C3)cc2)C1. The van der Waals surface area contributed by atoms with Crippen molar-refractivity contribution in [2.24, 2.45) is 11.1 Å². The number of hydrogen-bond donors (Lipinski definition) is 1. The van der Waals surface area contributed by atoms with Crippen LogP contribution in [0.2, 0.25) is 10.0 Å². The molecule has 1 atom stereocenters. The van der Waals surface area contributed by atoms with Crippen molar-refractivity contribution in [3.05, 3.63) is 68.7 Å². The van der Waals surface area contributed by atoms with Gasteiger partial charge >= 0.3 is 12.4 Å². The summed E-state index contributed by atoms with van der Waals surface area (Å²) in [6, 6.07) is 6.77. The van der Waals surface area contributed by atoms with Gasteiger partial charge in [-0.05, 0) is 23.3 Å². The Morgan fingerprint density at radius 1 is 1.05 bits per heavy atom. The van der Waals surface area contributed by atoms with E-state index in [0.717, 1.165) is 0 Å². The molecule has 1 fully saturated rings. The number of likely N-dealkylation sites (tertiary alicyclic amines) is 1. The molecular formula is C24H20Cl2F6N2O3. The van der Waals surface area contributed by atoms with Crippen LogP contribution in [0.4, 0.5) is 26.3 Å². The lowest BCUT2D eigenvalue weighted by molar-refractivity contribution is -0.276. The standard InChI is InChI=1S/C24H20Cl2F6N2O3/c1-12(2)20(35)34-10-21(36,11-34)14-5-3-13(4-6-14)18-9-22(37-33-18,24(30,31)32)15-7-16(23(27,28)29)19(26)17(25)8-15/h3-8,12,36H,9-11H2,1-2H3. The molecule has 5 nitrogen and oxygen atoms in total. The molecule has 0 spiro atoms. The summed E-state index contributed by atoms with van der Waals surface area (Å²) in [4.78, 5) is 18.4. The number of amides is 1. The first-order chi connectivity index (χ1) is 17.0. The lowest BCUT2D eigenvalue weighted by Crippen LogP contribution is -2.62. The fourth-order valence-corrected chi connectivity index (χ4v) is 4.78. The van der Waals surface area contributed by atoms with Gasteiger partial charge in [0.15, 0.2) is 0 Å². The van der Waals surface area contributed by atoms with Crippen molar-refractivity contribution in [1.82, 2.24) is 4.90 Å². The topological polar surface area (TPSA) is 62.1 Å². The quantitative estimate of drug-likeness (QED) is 0.441. The monoisotopic (exact) mass is 568 g/mol. The zero-order valence-electron chi connectivity index (χ0n) is 19.3. The Morgan fingerprint density at radius 3 is 2.16 bits per heavy atom. The van der Waals surface area contributed by atoms with Crippen molar-refractivity contribution >= 4 is 34.8 Å². The molecule has 1 saturated heterocycles. The molecule has 1 N–H and O–H groups in total. The van der Waals surface area contributed by atoms with Crippen molar-refractivity contribution in [3.63, 3.8) is 0 Å². The molecule has 1 amide bonds. The summed E-state index contributed by atoms with van der Waals surface area (Å²) in [5, 5.41) is 12.7. The van der Waals surface area contributed by atoms with Crippen LogP contribution in [0, 0.1) is 5.92 Å². The third-order valence-electron chi connectivity index (χ3n) is 6.45. The van der Waals surface area contributed by atoms with Gasteiger partial charge in [0, 0.05) is 17.9 Å². The number of rotatable bonds is 4. The highest BCUT2D eigenvalue weighted by Crippen LogP contribution is 2.51. The molecule has 0 radical (unpaired) electrons. The normalized spacial score (nSPS) is 21.5. The van der Waals surface area contributed by atoms with E-state index in [1.807, 2.05) is 0 Å². The van der Waals surface area contributed by atoms with Crippen LogP contribution >= 0.6 is 23.2 Å². The molecule has 2 aliphatic heterocycles. The highest BCUT2D eigenvalue weighted by atomic mass is 35.5. The second kappa shape index (κ2) is 9.06. The first-order valence-electron chi connectivity index (χ1n) is 11.0. The maximum atomic E-state index is 14.3. The Morgan fingerprint density at radius 2 is 1.65 bits per heavy atom. The van der Waals surface area contributed by atoms with E-state index in [0.29, 0.717) is 11.6 Å². The van der Waals surface area contributed by atoms with Gasteiger partial charge in [-0.2, -0.15) is 26.3 Å². The van der Waals surface area contributed by atoms with Crippen LogP contribution in [0.25, 0.3) is 0 Å². The van der Waals surface area contributed by atoms with E-state index in [4.69, 9.17) is 28.0 Å². The molecule has 0 aromatic heterocycles. The third-order valence-corrected chi connectivity index (χ3v) is 7.25. The van der Waals surface area contributed by atoms with Crippen LogP contribution in [0.1, 0.15) is 42.5 Å². The van der Waals surface area contributed by atoms with E-state index >= 15 is 0 Å². The smallest absolute Gasteiger partial charge is 0.381 e. The number of halogens is 8. The van der Waals surface area contributed by atoms with Crippen molar-refractivity contribution in [1.29, 1.82) is 0 Å². The summed E-state index contributed by atoms with van der Waals surface area (Å²) in [5.41, 5.74) is -6.45. The zero-order chi connectivity index (χ0) is 27.6. The van der Waals surface area contributed by atoms with Gasteiger partial charge in [-0.3, -0.25) is 4.79 Å². The van der Waals surface area contributed by atoms with Crippen molar-refractivity contribution in [2.75, 3.05) is 13.1 Å². The van der Waals surface area contributed by atoms with Gasteiger partial charge < -0.3 is 14.8 Å². The van der Waals surface area contributed by atoms with E-state index in [1.54, 1.807) is 13.8 Å². The number of carbonyl (C=O) groups excluding carboxylic acids is 1. The summed E-state index contributed by atoms with van der Waals surface area (Å²) in [5.74, 6) is -0.345. The fraction of sp³-hybridized carbons (Fsp3) is 0.417. The first kappa shape index (κ1) is 27.5. The molecule has 0 saturated carbocycles. The predicted molar refractivity (Wildman–Crippen MR) is 123 cm³/mol. The number of nitrogens with zero attached hydrogens (tertiary/aromatic N) is 2. The molecule has 2 aliphatic rings. The summed E-state index contributed by atoms with van der Waals surface area (Å²) in [6.45, 7) is 3.62. The Labute approximate surface area is 217 Å². The van der Waals surface area contributed by atoms with Crippen molar-refractivity contribution < 1.29 is 41.1 Å². The van der Waals surface area contributed by atoms with Crippen LogP contribution in [-0.4, -0.2) is 40.9 Å². The van der Waals surface area contributed by atoms with Crippen LogP contribution in [0.15, 0.2) is 41.6 Å². The van der Waals surface area contributed by atoms with Crippen LogP contribution in [0.5, 0.6) is 0 Å². The minimum Gasteiger partial charge on any atom is -0.381 e. The second-order valence-corrected chi connectivity index (χ2v) is 10.2. The Bertz CT molecular complexity index is 1250. The molecule has 4 rings (SSSR count). The van der Waals surface area contributed by atoms with E-state index < -0.39 is 51.1 Å². The molecule has 0 aliphatic carbocycles. The maximum Gasteiger partial charge on any atom is 0.435 e. The highest BCUT2D eigenvalue weighted by molar-refractivity contribution is 6.42. The average Bonchev–Trinajstić information content (AvgIpc) is 3.24. The maximum absolute atomic E-state index is 14.3.